The number of hydroxylamine groups is 2. The summed E-state index contributed by atoms with van der Waals surface area (Å²) in [4.78, 5) is 9.35. The van der Waals surface area contributed by atoms with Gasteiger partial charge in [0.05, 0.1) is 18.9 Å². The van der Waals surface area contributed by atoms with Gasteiger partial charge in [0.2, 0.25) is 0 Å². The molecular formula is C23H22N4O4. The normalized spacial score (nSPS) is 21.4. The largest absolute Gasteiger partial charge is 0.623 e. The van der Waals surface area contributed by atoms with E-state index in [9.17, 15) is 10.4 Å². The number of anilines is 1. The lowest BCUT2D eigenvalue weighted by molar-refractivity contribution is -0.729. The fraction of sp³-hybridized carbons (Fsp3) is 0.217. The van der Waals surface area contributed by atoms with Crippen molar-refractivity contribution in [2.75, 3.05) is 12.2 Å². The van der Waals surface area contributed by atoms with Gasteiger partial charge in [-0.25, -0.2) is 10.1 Å². The van der Waals surface area contributed by atoms with E-state index in [1.165, 1.54) is 0 Å². The molecule has 2 aliphatic heterocycles. The molecule has 3 aliphatic rings. The number of ether oxygens (including phenoxy) is 2. The van der Waals surface area contributed by atoms with Crippen LogP contribution in [0.2, 0.25) is 0 Å². The average Bonchev–Trinajstić information content (AvgIpc) is 3.19. The number of nitrogens with zero attached hydrogens (tertiary/aromatic N) is 3. The van der Waals surface area contributed by atoms with E-state index < -0.39 is 0 Å². The van der Waals surface area contributed by atoms with Crippen molar-refractivity contribution in [3.05, 3.63) is 76.8 Å². The highest BCUT2D eigenvalue weighted by molar-refractivity contribution is 6.18. The van der Waals surface area contributed by atoms with Gasteiger partial charge in [0.1, 0.15) is 17.4 Å². The first kappa shape index (κ1) is 19.5. The van der Waals surface area contributed by atoms with Gasteiger partial charge in [0.15, 0.2) is 28.7 Å². The minimum atomic E-state index is -0.381. The van der Waals surface area contributed by atoms with E-state index in [1.807, 2.05) is 32.0 Å². The highest BCUT2D eigenvalue weighted by Crippen LogP contribution is 2.35. The van der Waals surface area contributed by atoms with E-state index in [4.69, 9.17) is 14.5 Å². The molecule has 2 aromatic rings. The van der Waals surface area contributed by atoms with Crippen LogP contribution in [0.1, 0.15) is 19.4 Å². The summed E-state index contributed by atoms with van der Waals surface area (Å²) < 4.78 is 11.2. The maximum atomic E-state index is 13.0. The lowest BCUT2D eigenvalue weighted by Gasteiger charge is -2.37. The van der Waals surface area contributed by atoms with Gasteiger partial charge < -0.3 is 19.7 Å². The van der Waals surface area contributed by atoms with Crippen LogP contribution in [0.25, 0.3) is 0 Å². The highest BCUT2D eigenvalue weighted by Gasteiger charge is 2.37. The Hall–Kier alpha value is -3.46. The van der Waals surface area contributed by atoms with Crippen LogP contribution in [-0.2, 0) is 0 Å². The van der Waals surface area contributed by atoms with Crippen LogP contribution in [0.5, 0.6) is 11.5 Å². The maximum absolute atomic E-state index is 13.0. The molecule has 5 rings (SSSR count). The molecule has 158 valence electrons. The molecule has 1 aliphatic carbocycles. The second-order valence-electron chi connectivity index (χ2n) is 7.73. The van der Waals surface area contributed by atoms with Crippen molar-refractivity contribution in [3.63, 3.8) is 0 Å². The van der Waals surface area contributed by atoms with Crippen molar-refractivity contribution in [1.82, 2.24) is 0 Å². The number of hydrogen-bond acceptors (Lipinski definition) is 7. The number of benzene rings is 2. The first-order chi connectivity index (χ1) is 15.0. The Morgan fingerprint density at radius 3 is 2.74 bits per heavy atom. The Bertz CT molecular complexity index is 1180. The third-order valence-electron chi connectivity index (χ3n) is 5.32. The molecule has 0 radical (unpaired) electrons. The van der Waals surface area contributed by atoms with Crippen LogP contribution in [0.3, 0.4) is 0 Å². The highest BCUT2D eigenvalue weighted by atomic mass is 16.5. The second kappa shape index (κ2) is 7.35. The molecule has 0 saturated heterocycles. The summed E-state index contributed by atoms with van der Waals surface area (Å²) in [6, 6.07) is 12.2. The van der Waals surface area contributed by atoms with Gasteiger partial charge in [-0.05, 0) is 44.2 Å². The fourth-order valence-corrected chi connectivity index (χ4v) is 3.91. The van der Waals surface area contributed by atoms with Gasteiger partial charge in [0, 0.05) is 17.7 Å². The number of hydrogen-bond donors (Lipinski definition) is 2. The summed E-state index contributed by atoms with van der Waals surface area (Å²) in [5.74, 6) is 1.79. The monoisotopic (exact) mass is 418 g/mol. The first-order valence-electron chi connectivity index (χ1n) is 10.0. The number of aliphatic imine (C=N–C) groups is 2. The third-order valence-corrected chi connectivity index (χ3v) is 5.32. The molecule has 2 aromatic carbocycles. The van der Waals surface area contributed by atoms with Crippen LogP contribution in [0.4, 0.5) is 11.4 Å². The number of nitrogens with one attached hydrogen (secondary N) is 1. The molecule has 2 atom stereocenters. The van der Waals surface area contributed by atoms with Crippen LogP contribution >= 0.6 is 0 Å². The molecule has 0 amide bonds. The molecule has 8 nitrogen and oxygen atoms in total. The van der Waals surface area contributed by atoms with Crippen molar-refractivity contribution >= 4 is 22.9 Å². The van der Waals surface area contributed by atoms with Gasteiger partial charge in [0.25, 0.3) is 0 Å². The molecule has 0 saturated carbocycles. The topological polar surface area (TPSA) is 94.2 Å². The number of quaternary nitrogens is 1. The maximum Gasteiger partial charge on any atom is 0.162 e. The summed E-state index contributed by atoms with van der Waals surface area (Å²) in [6.07, 6.45) is 3.50. The SMILES string of the molecule is COc1cc(C2=NC3C=C4C(=CC3=N2)N(O)c2ccccc2[NH+]4[O-])ccc1OC(C)C. The second-order valence-corrected chi connectivity index (χ2v) is 7.73. The number of fused-ring (bicyclic) bond motifs is 3. The quantitative estimate of drug-likeness (QED) is 0.745. The summed E-state index contributed by atoms with van der Waals surface area (Å²) in [5, 5.41) is 24.6. The zero-order valence-corrected chi connectivity index (χ0v) is 17.4. The standard InChI is InChI=1S/C23H22N4O4/c1-13(2)31-21-9-8-14(10-22(21)30-3)23-24-15-11-19-20(12-16(15)25-23)27(29)18-7-5-4-6-17(18)26(19)28/h4-13,15,26,29H,1-3H3. The fourth-order valence-electron chi connectivity index (χ4n) is 3.91. The van der Waals surface area contributed by atoms with Crippen molar-refractivity contribution in [1.29, 1.82) is 0 Å². The van der Waals surface area contributed by atoms with Gasteiger partial charge in [-0.15, -0.1) is 0 Å². The number of amidine groups is 1. The van der Waals surface area contributed by atoms with Crippen LogP contribution in [-0.4, -0.2) is 36.0 Å². The molecule has 31 heavy (non-hydrogen) atoms. The van der Waals surface area contributed by atoms with E-state index >= 15 is 0 Å². The molecule has 0 bridgehead atoms. The minimum Gasteiger partial charge on any atom is -0.623 e. The van der Waals surface area contributed by atoms with E-state index in [-0.39, 0.29) is 17.2 Å². The molecule has 0 fully saturated rings. The molecule has 0 aromatic heterocycles. The van der Waals surface area contributed by atoms with Crippen molar-refractivity contribution < 1.29 is 19.7 Å². The zero-order valence-electron chi connectivity index (χ0n) is 17.4. The van der Waals surface area contributed by atoms with E-state index in [1.54, 1.807) is 43.5 Å². The van der Waals surface area contributed by atoms with Crippen molar-refractivity contribution in [2.24, 2.45) is 9.98 Å². The lowest BCUT2D eigenvalue weighted by atomic mass is 10.00. The van der Waals surface area contributed by atoms with E-state index in [0.29, 0.717) is 45.8 Å². The third kappa shape index (κ3) is 3.21. The Labute approximate surface area is 179 Å². The van der Waals surface area contributed by atoms with Gasteiger partial charge in [-0.2, -0.15) is 0 Å². The van der Waals surface area contributed by atoms with Crippen LogP contribution in [0.15, 0.2) is 76.0 Å². The predicted molar refractivity (Wildman–Crippen MR) is 117 cm³/mol. The van der Waals surface area contributed by atoms with Crippen LogP contribution in [0, 0.1) is 5.21 Å². The van der Waals surface area contributed by atoms with Gasteiger partial charge >= 0.3 is 0 Å². The Kier molecular flexibility index (Phi) is 4.62. The number of methoxy groups -OCH3 is 1. The molecule has 0 spiro atoms. The molecule has 2 N–H and O–H groups in total. The summed E-state index contributed by atoms with van der Waals surface area (Å²) >= 11 is 0. The Balaban J connectivity index is 1.51. The lowest BCUT2D eigenvalue weighted by Crippen LogP contribution is -3.01. The van der Waals surface area contributed by atoms with Crippen molar-refractivity contribution in [3.8, 4) is 11.5 Å². The number of para-hydroxylation sites is 2. The van der Waals surface area contributed by atoms with Gasteiger partial charge in [-0.1, -0.05) is 12.1 Å². The van der Waals surface area contributed by atoms with E-state index in [2.05, 4.69) is 4.99 Å². The smallest absolute Gasteiger partial charge is 0.162 e. The van der Waals surface area contributed by atoms with Gasteiger partial charge in [-0.3, -0.25) is 10.2 Å². The average molecular weight is 418 g/mol. The molecule has 2 unspecified atom stereocenters. The summed E-state index contributed by atoms with van der Waals surface area (Å²) in [5.41, 5.74) is 3.20. The summed E-state index contributed by atoms with van der Waals surface area (Å²) in [6.45, 7) is 3.91. The van der Waals surface area contributed by atoms with E-state index in [0.717, 1.165) is 10.6 Å². The molecule has 8 heteroatoms. The zero-order chi connectivity index (χ0) is 21.7. The Morgan fingerprint density at radius 1 is 1.16 bits per heavy atom. The molecule has 2 heterocycles. The first-order valence-corrected chi connectivity index (χ1v) is 10.0. The summed E-state index contributed by atoms with van der Waals surface area (Å²) in [7, 11) is 1.59. The van der Waals surface area contributed by atoms with Crippen molar-refractivity contribution in [2.45, 2.75) is 26.0 Å². The Morgan fingerprint density at radius 2 is 1.97 bits per heavy atom. The number of rotatable bonds is 4. The van der Waals surface area contributed by atoms with Crippen LogP contribution < -0.4 is 19.6 Å². The minimum absolute atomic E-state index is 0.0244. The predicted octanol–water partition coefficient (Wildman–Crippen LogP) is 2.76. The molecular weight excluding hydrogens is 396 g/mol.